The Morgan fingerprint density at radius 1 is 1.33 bits per heavy atom. The number of phenolic OH excluding ortho intramolecular Hbond substituents is 1. The van der Waals surface area contributed by atoms with Gasteiger partial charge in [0.1, 0.15) is 11.6 Å². The number of hydrogen-bond acceptors (Lipinski definition) is 4. The molecular formula is C11H15N3O. The van der Waals surface area contributed by atoms with Crippen molar-refractivity contribution < 1.29 is 5.11 Å². The third-order valence-corrected chi connectivity index (χ3v) is 2.45. The Bertz CT molecular complexity index is 387. The van der Waals surface area contributed by atoms with Crippen LogP contribution in [-0.2, 0) is 0 Å². The number of nitrogens with one attached hydrogen (secondary N) is 1. The van der Waals surface area contributed by atoms with Crippen LogP contribution in [0.3, 0.4) is 0 Å². The highest BCUT2D eigenvalue weighted by Crippen LogP contribution is 2.20. The number of phenols is 1. The molecule has 0 unspecified atom stereocenters. The smallest absolute Gasteiger partial charge is 0.138 e. The highest BCUT2D eigenvalue weighted by Gasteiger charge is 2.07. The lowest BCUT2D eigenvalue weighted by Crippen LogP contribution is -2.24. The zero-order valence-electron chi connectivity index (χ0n) is 8.53. The summed E-state index contributed by atoms with van der Waals surface area (Å²) in [5.74, 6) is 0.993. The monoisotopic (exact) mass is 205 g/mol. The van der Waals surface area contributed by atoms with E-state index in [0.717, 1.165) is 37.3 Å². The van der Waals surface area contributed by atoms with Crippen LogP contribution in [0.4, 0.5) is 5.69 Å². The van der Waals surface area contributed by atoms with Crippen LogP contribution >= 0.6 is 0 Å². The molecule has 0 bridgehead atoms. The molecule has 1 aromatic rings. The Labute approximate surface area is 88.8 Å². The van der Waals surface area contributed by atoms with Gasteiger partial charge in [-0.1, -0.05) is 0 Å². The third-order valence-electron chi connectivity index (χ3n) is 2.45. The number of nitrogen functional groups attached to an aromatic ring is 1. The molecule has 0 spiro atoms. The Balaban J connectivity index is 2.27. The summed E-state index contributed by atoms with van der Waals surface area (Å²) < 4.78 is 0. The number of amidine groups is 1. The normalized spacial score (nSPS) is 16.4. The molecule has 1 aliphatic rings. The number of nitrogens with zero attached hydrogens (tertiary/aromatic N) is 1. The van der Waals surface area contributed by atoms with E-state index in [0.29, 0.717) is 5.69 Å². The maximum Gasteiger partial charge on any atom is 0.138 e. The van der Waals surface area contributed by atoms with Gasteiger partial charge in [0.25, 0.3) is 0 Å². The first-order valence-corrected chi connectivity index (χ1v) is 5.14. The summed E-state index contributed by atoms with van der Waals surface area (Å²) in [7, 11) is 0. The van der Waals surface area contributed by atoms with E-state index in [4.69, 9.17) is 5.73 Å². The van der Waals surface area contributed by atoms with Gasteiger partial charge in [-0.25, -0.2) is 0 Å². The Morgan fingerprint density at radius 2 is 2.20 bits per heavy atom. The Hall–Kier alpha value is -1.71. The van der Waals surface area contributed by atoms with Gasteiger partial charge in [-0.05, 0) is 31.0 Å². The second-order valence-corrected chi connectivity index (χ2v) is 3.64. The van der Waals surface area contributed by atoms with Crippen LogP contribution in [0, 0.1) is 0 Å². The first kappa shape index (κ1) is 9.83. The highest BCUT2D eigenvalue weighted by atomic mass is 16.3. The van der Waals surface area contributed by atoms with E-state index in [9.17, 15) is 5.11 Å². The second-order valence-electron chi connectivity index (χ2n) is 3.64. The fourth-order valence-electron chi connectivity index (χ4n) is 1.59. The molecule has 1 aliphatic heterocycles. The van der Waals surface area contributed by atoms with E-state index in [1.807, 2.05) is 6.07 Å². The van der Waals surface area contributed by atoms with Crippen LogP contribution in [0.25, 0.3) is 0 Å². The molecule has 1 heterocycles. The number of anilines is 1. The second kappa shape index (κ2) is 4.21. The van der Waals surface area contributed by atoms with Crippen molar-refractivity contribution in [3.8, 4) is 5.75 Å². The molecular weight excluding hydrogens is 190 g/mol. The fourth-order valence-corrected chi connectivity index (χ4v) is 1.59. The van der Waals surface area contributed by atoms with Crippen molar-refractivity contribution in [2.24, 2.45) is 4.99 Å². The van der Waals surface area contributed by atoms with E-state index in [1.54, 1.807) is 12.1 Å². The van der Waals surface area contributed by atoms with Gasteiger partial charge in [-0.3, -0.25) is 4.99 Å². The molecule has 4 nitrogen and oxygen atoms in total. The Kier molecular flexibility index (Phi) is 2.76. The van der Waals surface area contributed by atoms with Gasteiger partial charge in [0, 0.05) is 18.7 Å². The van der Waals surface area contributed by atoms with Crippen LogP contribution in [-0.4, -0.2) is 24.0 Å². The lowest BCUT2D eigenvalue weighted by Gasteiger charge is -2.08. The average Bonchev–Trinajstić information content (AvgIpc) is 2.50. The minimum Gasteiger partial charge on any atom is -0.506 e. The van der Waals surface area contributed by atoms with Gasteiger partial charge in [0.15, 0.2) is 0 Å². The van der Waals surface area contributed by atoms with E-state index < -0.39 is 0 Å². The average molecular weight is 205 g/mol. The standard InChI is InChI=1S/C11H15N3O/c12-9-7-8(3-4-10(9)15)11-13-5-1-2-6-14-11/h3-4,7,15H,1-2,5-6,12H2,(H,13,14). The SMILES string of the molecule is Nc1cc(C2=NCCCCN2)ccc1O. The lowest BCUT2D eigenvalue weighted by atomic mass is 10.1. The first-order chi connectivity index (χ1) is 7.27. The predicted molar refractivity (Wildman–Crippen MR) is 61.2 cm³/mol. The van der Waals surface area contributed by atoms with Crippen LogP contribution in [0.2, 0.25) is 0 Å². The van der Waals surface area contributed by atoms with Gasteiger partial charge in [-0.15, -0.1) is 0 Å². The van der Waals surface area contributed by atoms with Crippen molar-refractivity contribution >= 4 is 11.5 Å². The molecule has 0 atom stereocenters. The molecule has 0 aliphatic carbocycles. The van der Waals surface area contributed by atoms with Crippen molar-refractivity contribution in [2.45, 2.75) is 12.8 Å². The number of hydrogen-bond donors (Lipinski definition) is 3. The zero-order valence-corrected chi connectivity index (χ0v) is 8.53. The molecule has 80 valence electrons. The summed E-state index contributed by atoms with van der Waals surface area (Å²) in [6.07, 6.45) is 2.25. The van der Waals surface area contributed by atoms with Crippen LogP contribution in [0.15, 0.2) is 23.2 Å². The summed E-state index contributed by atoms with van der Waals surface area (Å²) >= 11 is 0. The van der Waals surface area contributed by atoms with Crippen molar-refractivity contribution in [1.82, 2.24) is 5.32 Å². The molecule has 0 saturated carbocycles. The molecule has 15 heavy (non-hydrogen) atoms. The minimum absolute atomic E-state index is 0.118. The zero-order chi connectivity index (χ0) is 10.7. The summed E-state index contributed by atoms with van der Waals surface area (Å²) in [5, 5.41) is 12.6. The van der Waals surface area contributed by atoms with E-state index in [-0.39, 0.29) is 5.75 Å². The van der Waals surface area contributed by atoms with Crippen molar-refractivity contribution in [3.63, 3.8) is 0 Å². The van der Waals surface area contributed by atoms with Crippen molar-refractivity contribution in [2.75, 3.05) is 18.8 Å². The number of aromatic hydroxyl groups is 1. The van der Waals surface area contributed by atoms with Gasteiger partial charge in [-0.2, -0.15) is 0 Å². The van der Waals surface area contributed by atoms with Gasteiger partial charge < -0.3 is 16.2 Å². The molecule has 0 radical (unpaired) electrons. The predicted octanol–water partition coefficient (Wildman–Crippen LogP) is 1.10. The third kappa shape index (κ3) is 2.21. The van der Waals surface area contributed by atoms with Crippen LogP contribution in [0.1, 0.15) is 18.4 Å². The minimum atomic E-state index is 0.118. The maximum absolute atomic E-state index is 9.31. The topological polar surface area (TPSA) is 70.6 Å². The number of benzene rings is 1. The van der Waals surface area contributed by atoms with Gasteiger partial charge in [0.05, 0.1) is 5.69 Å². The largest absolute Gasteiger partial charge is 0.506 e. The molecule has 0 aromatic heterocycles. The lowest BCUT2D eigenvalue weighted by molar-refractivity contribution is 0.478. The first-order valence-electron chi connectivity index (χ1n) is 5.14. The van der Waals surface area contributed by atoms with Gasteiger partial charge >= 0.3 is 0 Å². The fraction of sp³-hybridized carbons (Fsp3) is 0.364. The molecule has 0 amide bonds. The molecule has 0 saturated heterocycles. The van der Waals surface area contributed by atoms with E-state index in [1.165, 1.54) is 0 Å². The number of nitrogens with two attached hydrogens (primary N) is 1. The van der Waals surface area contributed by atoms with E-state index in [2.05, 4.69) is 10.3 Å². The summed E-state index contributed by atoms with van der Waals surface area (Å²) in [6.45, 7) is 1.79. The number of aliphatic imine (C=N–C) groups is 1. The number of rotatable bonds is 1. The molecule has 1 aromatic carbocycles. The van der Waals surface area contributed by atoms with Gasteiger partial charge in [0.2, 0.25) is 0 Å². The van der Waals surface area contributed by atoms with Crippen LogP contribution < -0.4 is 11.1 Å². The van der Waals surface area contributed by atoms with E-state index >= 15 is 0 Å². The summed E-state index contributed by atoms with van der Waals surface area (Å²) in [6, 6.07) is 5.16. The molecule has 2 rings (SSSR count). The summed E-state index contributed by atoms with van der Waals surface area (Å²) in [5.41, 5.74) is 6.96. The maximum atomic E-state index is 9.31. The quantitative estimate of drug-likeness (QED) is 0.475. The molecule has 4 heteroatoms. The highest BCUT2D eigenvalue weighted by molar-refractivity contribution is 5.99. The van der Waals surface area contributed by atoms with Crippen molar-refractivity contribution in [3.05, 3.63) is 23.8 Å². The summed E-state index contributed by atoms with van der Waals surface area (Å²) in [4.78, 5) is 4.43. The Morgan fingerprint density at radius 3 is 3.00 bits per heavy atom. The molecule has 4 N–H and O–H groups in total. The van der Waals surface area contributed by atoms with Crippen molar-refractivity contribution in [1.29, 1.82) is 0 Å². The molecule has 0 fully saturated rings. The van der Waals surface area contributed by atoms with Crippen LogP contribution in [0.5, 0.6) is 5.75 Å².